The minimum atomic E-state index is -4.35. The smallest absolute Gasteiger partial charge is 0.422 e. The predicted octanol–water partition coefficient (Wildman–Crippen LogP) is 3.74. The number of anilines is 1. The number of nitrogens with zero attached hydrogens (tertiary/aromatic N) is 3. The van der Waals surface area contributed by atoms with E-state index in [4.69, 9.17) is 15.0 Å². The highest BCUT2D eigenvalue weighted by Crippen LogP contribution is 2.47. The number of nitrogens with two attached hydrogens (primary N) is 1. The van der Waals surface area contributed by atoms with Crippen LogP contribution in [-0.4, -0.2) is 34.4 Å². The summed E-state index contributed by atoms with van der Waals surface area (Å²) in [6.07, 6.45) is 4.38. The first-order valence-corrected chi connectivity index (χ1v) is 9.23. The van der Waals surface area contributed by atoms with E-state index in [1.807, 2.05) is 13.1 Å². The molecule has 2 N–H and O–H groups in total. The molecule has 9 heteroatoms. The average Bonchev–Trinajstić information content (AvgIpc) is 3.52. The average molecular weight is 384 g/mol. The Morgan fingerprint density at radius 3 is 2.59 bits per heavy atom. The van der Waals surface area contributed by atoms with Gasteiger partial charge in [0.15, 0.2) is 12.4 Å². The fourth-order valence-corrected chi connectivity index (χ4v) is 3.61. The van der Waals surface area contributed by atoms with Gasteiger partial charge in [-0.05, 0) is 44.1 Å². The van der Waals surface area contributed by atoms with Crippen LogP contribution >= 0.6 is 0 Å². The molecule has 0 spiro atoms. The Bertz CT molecular complexity index is 765. The van der Waals surface area contributed by atoms with Gasteiger partial charge in [0.05, 0.1) is 0 Å². The molecule has 148 valence electrons. The van der Waals surface area contributed by atoms with Crippen LogP contribution in [0.15, 0.2) is 28.1 Å². The zero-order valence-corrected chi connectivity index (χ0v) is 15.1. The molecule has 0 saturated heterocycles. The van der Waals surface area contributed by atoms with Gasteiger partial charge in [0.25, 0.3) is 0 Å². The summed E-state index contributed by atoms with van der Waals surface area (Å²) in [6, 6.07) is 0.0140. The molecule has 1 aliphatic heterocycles. The number of allylic oxidation sites excluding steroid dienone is 1. The second-order valence-corrected chi connectivity index (χ2v) is 7.86. The van der Waals surface area contributed by atoms with Crippen molar-refractivity contribution in [2.24, 2.45) is 11.8 Å². The molecule has 0 unspecified atom stereocenters. The number of hydrogen-bond donors (Lipinski definition) is 1. The van der Waals surface area contributed by atoms with Crippen LogP contribution in [0.1, 0.15) is 44.9 Å². The second-order valence-electron chi connectivity index (χ2n) is 7.86. The molecule has 27 heavy (non-hydrogen) atoms. The lowest BCUT2D eigenvalue weighted by Crippen LogP contribution is -2.43. The van der Waals surface area contributed by atoms with Crippen LogP contribution in [0.5, 0.6) is 0 Å². The van der Waals surface area contributed by atoms with Crippen molar-refractivity contribution in [3.63, 3.8) is 0 Å². The Labute approximate surface area is 155 Å². The van der Waals surface area contributed by atoms with Crippen molar-refractivity contribution < 1.29 is 22.4 Å². The minimum Gasteiger partial charge on any atom is -0.484 e. The molecule has 1 aromatic heterocycles. The standard InChI is InChI=1S/C18H23F3N4O2/c1-17(8-11-2-3-11,15-23-16(22)27-24-15)25-7-6-14(26-10-18(19,20)21)13(9-25)12-4-5-12/h6,9,11-12H,2-5,7-8,10H2,1H3,(H2,22,23,24)/t17-/m1/s1. The van der Waals surface area contributed by atoms with Crippen LogP contribution in [0.2, 0.25) is 0 Å². The van der Waals surface area contributed by atoms with Crippen molar-refractivity contribution in [1.82, 2.24) is 15.0 Å². The molecule has 0 bridgehead atoms. The summed E-state index contributed by atoms with van der Waals surface area (Å²) in [4.78, 5) is 6.33. The van der Waals surface area contributed by atoms with Gasteiger partial charge in [-0.15, -0.1) is 0 Å². The molecule has 0 amide bonds. The summed E-state index contributed by atoms with van der Waals surface area (Å²) in [5.41, 5.74) is 5.92. The topological polar surface area (TPSA) is 77.4 Å². The zero-order valence-electron chi connectivity index (χ0n) is 15.1. The molecule has 0 aromatic carbocycles. The van der Waals surface area contributed by atoms with Crippen molar-refractivity contribution in [1.29, 1.82) is 0 Å². The van der Waals surface area contributed by atoms with Crippen LogP contribution in [0.3, 0.4) is 0 Å². The predicted molar refractivity (Wildman–Crippen MR) is 91.0 cm³/mol. The molecule has 1 atom stereocenters. The number of aromatic nitrogens is 2. The van der Waals surface area contributed by atoms with Gasteiger partial charge in [0.1, 0.15) is 11.3 Å². The van der Waals surface area contributed by atoms with E-state index >= 15 is 0 Å². The minimum absolute atomic E-state index is 0.0140. The summed E-state index contributed by atoms with van der Waals surface area (Å²) in [6.45, 7) is 1.18. The Balaban J connectivity index is 1.59. The summed E-state index contributed by atoms with van der Waals surface area (Å²) in [7, 11) is 0. The second kappa shape index (κ2) is 6.45. The molecule has 6 nitrogen and oxygen atoms in total. The van der Waals surface area contributed by atoms with E-state index in [1.54, 1.807) is 6.08 Å². The first-order valence-electron chi connectivity index (χ1n) is 9.23. The fraction of sp³-hybridized carbons (Fsp3) is 0.667. The highest BCUT2D eigenvalue weighted by molar-refractivity contribution is 5.35. The van der Waals surface area contributed by atoms with Crippen LogP contribution < -0.4 is 5.73 Å². The number of hydrogen-bond acceptors (Lipinski definition) is 6. The van der Waals surface area contributed by atoms with Gasteiger partial charge < -0.3 is 19.9 Å². The highest BCUT2D eigenvalue weighted by Gasteiger charge is 2.44. The van der Waals surface area contributed by atoms with Crippen molar-refractivity contribution in [3.8, 4) is 0 Å². The van der Waals surface area contributed by atoms with Crippen LogP contribution in [0.25, 0.3) is 0 Å². The monoisotopic (exact) mass is 384 g/mol. The fourth-order valence-electron chi connectivity index (χ4n) is 3.61. The number of ether oxygens (including phenoxy) is 1. The molecule has 2 aliphatic carbocycles. The first kappa shape index (κ1) is 18.2. The molecule has 2 heterocycles. The number of rotatable bonds is 7. The molecular weight excluding hydrogens is 361 g/mol. The van der Waals surface area contributed by atoms with E-state index in [9.17, 15) is 13.2 Å². The maximum absolute atomic E-state index is 12.6. The molecule has 3 aliphatic rings. The lowest BCUT2D eigenvalue weighted by atomic mass is 9.90. The SMILES string of the molecule is C[C@@](CC1CC1)(c1noc(N)n1)N1C=C(C2CC2)C(OCC(F)(F)F)=CC1. The van der Waals surface area contributed by atoms with Gasteiger partial charge in [-0.3, -0.25) is 0 Å². The maximum Gasteiger partial charge on any atom is 0.422 e. The third kappa shape index (κ3) is 4.06. The van der Waals surface area contributed by atoms with Gasteiger partial charge in [-0.1, -0.05) is 18.0 Å². The third-order valence-corrected chi connectivity index (χ3v) is 5.40. The van der Waals surface area contributed by atoms with Gasteiger partial charge in [0, 0.05) is 18.3 Å². The van der Waals surface area contributed by atoms with Crippen molar-refractivity contribution >= 4 is 6.01 Å². The molecule has 2 saturated carbocycles. The Hall–Kier alpha value is -2.19. The summed E-state index contributed by atoms with van der Waals surface area (Å²) < 4.78 is 47.8. The quantitative estimate of drug-likeness (QED) is 0.772. The van der Waals surface area contributed by atoms with Crippen molar-refractivity contribution in [3.05, 3.63) is 29.4 Å². The van der Waals surface area contributed by atoms with E-state index in [0.717, 1.165) is 37.7 Å². The van der Waals surface area contributed by atoms with Crippen molar-refractivity contribution in [2.45, 2.75) is 50.7 Å². The molecule has 4 rings (SSSR count). The summed E-state index contributed by atoms with van der Waals surface area (Å²) >= 11 is 0. The van der Waals surface area contributed by atoms with E-state index in [1.165, 1.54) is 0 Å². The molecule has 2 fully saturated rings. The Kier molecular flexibility index (Phi) is 4.35. The first-order chi connectivity index (χ1) is 12.7. The molecular formula is C18H23F3N4O2. The largest absolute Gasteiger partial charge is 0.484 e. The van der Waals surface area contributed by atoms with Crippen molar-refractivity contribution in [2.75, 3.05) is 18.9 Å². The number of halogens is 3. The maximum atomic E-state index is 12.6. The lowest BCUT2D eigenvalue weighted by Gasteiger charge is -2.40. The molecule has 0 radical (unpaired) electrons. The molecule has 1 aromatic rings. The summed E-state index contributed by atoms with van der Waals surface area (Å²) in [5.74, 6) is 1.67. The zero-order chi connectivity index (χ0) is 19.2. The number of alkyl halides is 3. The highest BCUT2D eigenvalue weighted by atomic mass is 19.4. The van der Waals surface area contributed by atoms with Crippen LogP contribution in [-0.2, 0) is 10.3 Å². The van der Waals surface area contributed by atoms with E-state index in [-0.39, 0.29) is 11.9 Å². The lowest BCUT2D eigenvalue weighted by molar-refractivity contribution is -0.164. The van der Waals surface area contributed by atoms with Gasteiger partial charge >= 0.3 is 12.2 Å². The van der Waals surface area contributed by atoms with Gasteiger partial charge in [0.2, 0.25) is 0 Å². The normalized spacial score (nSPS) is 22.9. The van der Waals surface area contributed by atoms with E-state index in [0.29, 0.717) is 24.0 Å². The van der Waals surface area contributed by atoms with E-state index in [2.05, 4.69) is 15.0 Å². The van der Waals surface area contributed by atoms with E-state index < -0.39 is 18.3 Å². The van der Waals surface area contributed by atoms with Crippen LogP contribution in [0.4, 0.5) is 19.2 Å². The number of nitrogen functional groups attached to an aromatic ring is 1. The Morgan fingerprint density at radius 2 is 2.04 bits per heavy atom. The van der Waals surface area contributed by atoms with Gasteiger partial charge in [-0.2, -0.15) is 18.2 Å². The van der Waals surface area contributed by atoms with Gasteiger partial charge in [-0.25, -0.2) is 0 Å². The third-order valence-electron chi connectivity index (χ3n) is 5.40. The summed E-state index contributed by atoms with van der Waals surface area (Å²) in [5, 5.41) is 4.03. The Morgan fingerprint density at radius 1 is 1.30 bits per heavy atom. The van der Waals surface area contributed by atoms with Crippen LogP contribution in [0, 0.1) is 11.8 Å².